The van der Waals surface area contributed by atoms with Crippen LogP contribution in [0.15, 0.2) is 18.2 Å². The summed E-state index contributed by atoms with van der Waals surface area (Å²) in [4.78, 5) is 15.1. The lowest BCUT2D eigenvalue weighted by molar-refractivity contribution is -0.133. The van der Waals surface area contributed by atoms with E-state index in [0.717, 1.165) is 55.2 Å². The fraction of sp³-hybridized carbons (Fsp3) is 0.562. The highest BCUT2D eigenvalue weighted by atomic mass is 35.5. The Morgan fingerprint density at radius 1 is 1.43 bits per heavy atom. The number of amides is 1. The standard InChI is InChI=1S/C16H21ClN2O2/c1-21-11-16(6-8-18-9-7-16)15(20)19-10-5-12-13(17)3-2-4-14(12)19/h2-4,18H,5-11H2,1H3. The third kappa shape index (κ3) is 2.56. The number of piperidine rings is 1. The van der Waals surface area contributed by atoms with Crippen LogP contribution >= 0.6 is 11.6 Å². The van der Waals surface area contributed by atoms with E-state index in [9.17, 15) is 4.79 Å². The van der Waals surface area contributed by atoms with Gasteiger partial charge in [-0.1, -0.05) is 17.7 Å². The number of carbonyl (C=O) groups excluding carboxylic acids is 1. The number of carbonyl (C=O) groups is 1. The molecule has 0 atom stereocenters. The molecule has 0 aromatic heterocycles. The molecule has 3 rings (SSSR count). The van der Waals surface area contributed by atoms with Crippen LogP contribution in [0.4, 0.5) is 5.69 Å². The Morgan fingerprint density at radius 3 is 2.90 bits per heavy atom. The minimum Gasteiger partial charge on any atom is -0.384 e. The molecule has 1 N–H and O–H groups in total. The molecule has 1 fully saturated rings. The fourth-order valence-electron chi connectivity index (χ4n) is 3.49. The molecule has 1 amide bonds. The molecule has 2 aliphatic rings. The predicted molar refractivity (Wildman–Crippen MR) is 83.9 cm³/mol. The van der Waals surface area contributed by atoms with Crippen LogP contribution in [0.2, 0.25) is 5.02 Å². The molecule has 1 aromatic rings. The summed E-state index contributed by atoms with van der Waals surface area (Å²) in [5, 5.41) is 4.08. The molecule has 21 heavy (non-hydrogen) atoms. The molecule has 2 heterocycles. The molecule has 2 aliphatic heterocycles. The molecule has 0 aliphatic carbocycles. The van der Waals surface area contributed by atoms with E-state index in [4.69, 9.17) is 16.3 Å². The van der Waals surface area contributed by atoms with E-state index in [1.54, 1.807) is 7.11 Å². The second kappa shape index (κ2) is 5.95. The maximum Gasteiger partial charge on any atom is 0.235 e. The minimum absolute atomic E-state index is 0.187. The molecule has 0 saturated carbocycles. The van der Waals surface area contributed by atoms with E-state index in [1.165, 1.54) is 0 Å². The zero-order valence-corrected chi connectivity index (χ0v) is 13.1. The van der Waals surface area contributed by atoms with Crippen LogP contribution in [0.25, 0.3) is 0 Å². The largest absolute Gasteiger partial charge is 0.384 e. The van der Waals surface area contributed by atoms with Crippen molar-refractivity contribution in [1.29, 1.82) is 0 Å². The Balaban J connectivity index is 1.90. The van der Waals surface area contributed by atoms with Crippen LogP contribution in [0.3, 0.4) is 0 Å². The lowest BCUT2D eigenvalue weighted by Gasteiger charge is -2.38. The van der Waals surface area contributed by atoms with Crippen molar-refractivity contribution in [2.75, 3.05) is 38.3 Å². The number of anilines is 1. The Bertz CT molecular complexity index is 536. The molecule has 0 radical (unpaired) electrons. The molecule has 0 unspecified atom stereocenters. The molecule has 114 valence electrons. The molecule has 5 heteroatoms. The first kappa shape index (κ1) is 14.8. The van der Waals surface area contributed by atoms with Crippen molar-refractivity contribution in [1.82, 2.24) is 5.32 Å². The summed E-state index contributed by atoms with van der Waals surface area (Å²) in [6.45, 7) is 2.94. The highest BCUT2D eigenvalue weighted by Gasteiger charge is 2.44. The highest BCUT2D eigenvalue weighted by molar-refractivity contribution is 6.32. The van der Waals surface area contributed by atoms with Crippen LogP contribution in [0.1, 0.15) is 18.4 Å². The van der Waals surface area contributed by atoms with Gasteiger partial charge in [0, 0.05) is 24.4 Å². The molecule has 1 saturated heterocycles. The lowest BCUT2D eigenvalue weighted by Crippen LogP contribution is -2.51. The minimum atomic E-state index is -0.399. The predicted octanol–water partition coefficient (Wildman–Crippen LogP) is 2.25. The van der Waals surface area contributed by atoms with Gasteiger partial charge in [0.05, 0.1) is 12.0 Å². The topological polar surface area (TPSA) is 41.6 Å². The second-order valence-corrected chi connectivity index (χ2v) is 6.31. The quantitative estimate of drug-likeness (QED) is 0.931. The lowest BCUT2D eigenvalue weighted by atomic mass is 9.78. The highest BCUT2D eigenvalue weighted by Crippen LogP contribution is 2.39. The number of methoxy groups -OCH3 is 1. The van der Waals surface area contributed by atoms with Crippen LogP contribution in [0.5, 0.6) is 0 Å². The van der Waals surface area contributed by atoms with E-state index < -0.39 is 5.41 Å². The number of fused-ring (bicyclic) bond motifs is 1. The zero-order valence-electron chi connectivity index (χ0n) is 12.3. The zero-order chi connectivity index (χ0) is 14.9. The van der Waals surface area contributed by atoms with Gasteiger partial charge in [-0.15, -0.1) is 0 Å². The maximum absolute atomic E-state index is 13.2. The van der Waals surface area contributed by atoms with Crippen molar-refractivity contribution in [3.8, 4) is 0 Å². The Morgan fingerprint density at radius 2 is 2.19 bits per heavy atom. The first-order valence-electron chi connectivity index (χ1n) is 7.47. The van der Waals surface area contributed by atoms with Crippen molar-refractivity contribution in [2.45, 2.75) is 19.3 Å². The first-order valence-corrected chi connectivity index (χ1v) is 7.85. The van der Waals surface area contributed by atoms with Gasteiger partial charge in [0.1, 0.15) is 0 Å². The van der Waals surface area contributed by atoms with Crippen molar-refractivity contribution in [3.05, 3.63) is 28.8 Å². The van der Waals surface area contributed by atoms with Gasteiger partial charge in [-0.05, 0) is 50.0 Å². The number of benzene rings is 1. The van der Waals surface area contributed by atoms with Gasteiger partial charge >= 0.3 is 0 Å². The van der Waals surface area contributed by atoms with Crippen LogP contribution < -0.4 is 10.2 Å². The van der Waals surface area contributed by atoms with Gasteiger partial charge in [0.15, 0.2) is 0 Å². The third-order valence-corrected chi connectivity index (χ3v) is 5.00. The van der Waals surface area contributed by atoms with Crippen molar-refractivity contribution >= 4 is 23.2 Å². The van der Waals surface area contributed by atoms with Crippen molar-refractivity contribution in [2.24, 2.45) is 5.41 Å². The number of halogens is 1. The Hall–Kier alpha value is -1.10. The van der Waals surface area contributed by atoms with Gasteiger partial charge < -0.3 is 15.0 Å². The van der Waals surface area contributed by atoms with Gasteiger partial charge in [-0.3, -0.25) is 4.79 Å². The van der Waals surface area contributed by atoms with Crippen molar-refractivity contribution in [3.63, 3.8) is 0 Å². The number of hydrogen-bond acceptors (Lipinski definition) is 3. The maximum atomic E-state index is 13.2. The molecule has 0 bridgehead atoms. The first-order chi connectivity index (χ1) is 10.2. The van der Waals surface area contributed by atoms with Gasteiger partial charge in [0.25, 0.3) is 0 Å². The molecule has 0 spiro atoms. The van der Waals surface area contributed by atoms with E-state index in [-0.39, 0.29) is 5.91 Å². The number of rotatable bonds is 3. The average Bonchev–Trinajstić information content (AvgIpc) is 2.93. The van der Waals surface area contributed by atoms with E-state index >= 15 is 0 Å². The molecular formula is C16H21ClN2O2. The fourth-order valence-corrected chi connectivity index (χ4v) is 3.75. The summed E-state index contributed by atoms with van der Waals surface area (Å²) >= 11 is 6.25. The van der Waals surface area contributed by atoms with Crippen LogP contribution in [-0.4, -0.2) is 39.3 Å². The van der Waals surface area contributed by atoms with E-state index in [1.807, 2.05) is 23.1 Å². The summed E-state index contributed by atoms with van der Waals surface area (Å²) in [6, 6.07) is 5.80. The van der Waals surface area contributed by atoms with Gasteiger partial charge in [-0.2, -0.15) is 0 Å². The van der Waals surface area contributed by atoms with Crippen LogP contribution in [0, 0.1) is 5.41 Å². The van der Waals surface area contributed by atoms with Gasteiger partial charge in [-0.25, -0.2) is 0 Å². The molecule has 4 nitrogen and oxygen atoms in total. The smallest absolute Gasteiger partial charge is 0.235 e. The van der Waals surface area contributed by atoms with Crippen molar-refractivity contribution < 1.29 is 9.53 Å². The number of ether oxygens (including phenoxy) is 1. The molecular weight excluding hydrogens is 288 g/mol. The number of hydrogen-bond donors (Lipinski definition) is 1. The SMILES string of the molecule is COCC1(C(=O)N2CCc3c(Cl)cccc32)CCNCC1. The van der Waals surface area contributed by atoms with Crippen LogP contribution in [-0.2, 0) is 16.0 Å². The summed E-state index contributed by atoms with van der Waals surface area (Å²) in [7, 11) is 1.67. The summed E-state index contributed by atoms with van der Waals surface area (Å²) in [6.07, 6.45) is 2.49. The monoisotopic (exact) mass is 308 g/mol. The second-order valence-electron chi connectivity index (χ2n) is 5.91. The Kier molecular flexibility index (Phi) is 4.20. The number of nitrogens with zero attached hydrogens (tertiary/aromatic N) is 1. The average molecular weight is 309 g/mol. The van der Waals surface area contributed by atoms with Gasteiger partial charge in [0.2, 0.25) is 5.91 Å². The normalized spacial score (nSPS) is 20.4. The third-order valence-electron chi connectivity index (χ3n) is 4.65. The summed E-state index contributed by atoms with van der Waals surface area (Å²) in [5.74, 6) is 0.187. The van der Waals surface area contributed by atoms with E-state index in [0.29, 0.717) is 6.61 Å². The summed E-state index contributed by atoms with van der Waals surface area (Å²) < 4.78 is 5.38. The molecule has 1 aromatic carbocycles. The Labute approximate surface area is 130 Å². The summed E-state index contributed by atoms with van der Waals surface area (Å²) in [5.41, 5.74) is 1.67. The number of nitrogens with one attached hydrogen (secondary N) is 1. The van der Waals surface area contributed by atoms with E-state index in [2.05, 4.69) is 5.32 Å².